The van der Waals surface area contributed by atoms with Crippen LogP contribution in [0, 0.1) is 11.7 Å². The van der Waals surface area contributed by atoms with Gasteiger partial charge in [0.05, 0.1) is 18.1 Å². The van der Waals surface area contributed by atoms with Gasteiger partial charge in [0.25, 0.3) is 0 Å². The maximum Gasteiger partial charge on any atom is 0.338 e. The van der Waals surface area contributed by atoms with E-state index in [1.54, 1.807) is 31.2 Å². The SMILES string of the molecule is CCOC(=O)c1ccc(N2C[C@H](C(=O)OCC(=O)c3ccc(F)cc3)CC2=O)cc1. The number of ketones is 1. The zero-order chi connectivity index (χ0) is 21.7. The van der Waals surface area contributed by atoms with E-state index >= 15 is 0 Å². The fraction of sp³-hybridized carbons (Fsp3) is 0.273. The number of amides is 1. The van der Waals surface area contributed by atoms with Crippen molar-refractivity contribution in [2.45, 2.75) is 13.3 Å². The van der Waals surface area contributed by atoms with E-state index in [0.29, 0.717) is 11.3 Å². The van der Waals surface area contributed by atoms with Crippen molar-refractivity contribution in [3.63, 3.8) is 0 Å². The average Bonchev–Trinajstić information content (AvgIpc) is 3.14. The third-order valence-electron chi connectivity index (χ3n) is 4.66. The van der Waals surface area contributed by atoms with E-state index in [4.69, 9.17) is 9.47 Å². The van der Waals surface area contributed by atoms with Crippen LogP contribution in [0.4, 0.5) is 10.1 Å². The van der Waals surface area contributed by atoms with Gasteiger partial charge in [-0.25, -0.2) is 9.18 Å². The topological polar surface area (TPSA) is 90.0 Å². The van der Waals surface area contributed by atoms with Gasteiger partial charge in [-0.3, -0.25) is 14.4 Å². The highest BCUT2D eigenvalue weighted by Gasteiger charge is 2.36. The standard InChI is InChI=1S/C22H20FNO6/c1-2-29-21(27)15-5-9-18(10-6-15)24-12-16(11-20(24)26)22(28)30-13-19(25)14-3-7-17(23)8-4-14/h3-10,16H,2,11-13H2,1H3/t16-/m1/s1. The Balaban J connectivity index is 1.57. The number of hydrogen-bond donors (Lipinski definition) is 0. The van der Waals surface area contributed by atoms with E-state index < -0.39 is 36.1 Å². The van der Waals surface area contributed by atoms with Crippen molar-refractivity contribution in [2.75, 3.05) is 24.7 Å². The summed E-state index contributed by atoms with van der Waals surface area (Å²) < 4.78 is 22.9. The highest BCUT2D eigenvalue weighted by molar-refractivity contribution is 6.01. The van der Waals surface area contributed by atoms with Gasteiger partial charge >= 0.3 is 11.9 Å². The maximum absolute atomic E-state index is 12.9. The summed E-state index contributed by atoms with van der Waals surface area (Å²) in [7, 11) is 0. The lowest BCUT2D eigenvalue weighted by Gasteiger charge is -2.17. The Kier molecular flexibility index (Phi) is 6.56. The molecule has 1 heterocycles. The molecule has 1 aliphatic rings. The fourth-order valence-electron chi connectivity index (χ4n) is 3.08. The van der Waals surface area contributed by atoms with E-state index in [1.165, 1.54) is 17.0 Å². The van der Waals surface area contributed by atoms with Gasteiger partial charge < -0.3 is 14.4 Å². The van der Waals surface area contributed by atoms with Crippen molar-refractivity contribution in [1.29, 1.82) is 0 Å². The van der Waals surface area contributed by atoms with E-state index in [2.05, 4.69) is 0 Å². The molecule has 0 unspecified atom stereocenters. The van der Waals surface area contributed by atoms with Crippen LogP contribution in [-0.2, 0) is 19.1 Å². The van der Waals surface area contributed by atoms with Crippen molar-refractivity contribution >= 4 is 29.3 Å². The second kappa shape index (κ2) is 9.30. The smallest absolute Gasteiger partial charge is 0.338 e. The Morgan fingerprint density at radius 2 is 1.63 bits per heavy atom. The van der Waals surface area contributed by atoms with Crippen molar-refractivity contribution in [3.8, 4) is 0 Å². The van der Waals surface area contributed by atoms with Crippen LogP contribution in [-0.4, -0.2) is 43.4 Å². The number of esters is 2. The second-order valence-corrected chi connectivity index (χ2v) is 6.71. The van der Waals surface area contributed by atoms with Crippen LogP contribution in [0.2, 0.25) is 0 Å². The van der Waals surface area contributed by atoms with Crippen molar-refractivity contribution in [2.24, 2.45) is 5.92 Å². The molecule has 0 bridgehead atoms. The molecule has 1 saturated heterocycles. The lowest BCUT2D eigenvalue weighted by atomic mass is 10.1. The van der Waals surface area contributed by atoms with Crippen LogP contribution in [0.1, 0.15) is 34.1 Å². The largest absolute Gasteiger partial charge is 0.462 e. The first-order valence-electron chi connectivity index (χ1n) is 9.42. The van der Waals surface area contributed by atoms with Gasteiger partial charge in [-0.15, -0.1) is 0 Å². The van der Waals surface area contributed by atoms with Gasteiger partial charge in [0.15, 0.2) is 12.4 Å². The fourth-order valence-corrected chi connectivity index (χ4v) is 3.08. The van der Waals surface area contributed by atoms with Crippen LogP contribution < -0.4 is 4.90 Å². The Labute approximate surface area is 172 Å². The number of anilines is 1. The predicted molar refractivity (Wildman–Crippen MR) is 105 cm³/mol. The molecule has 2 aromatic rings. The Morgan fingerprint density at radius 3 is 2.27 bits per heavy atom. The summed E-state index contributed by atoms with van der Waals surface area (Å²) in [5.41, 5.74) is 1.14. The lowest BCUT2D eigenvalue weighted by molar-refractivity contribution is -0.147. The van der Waals surface area contributed by atoms with Gasteiger partial charge in [0.1, 0.15) is 5.82 Å². The second-order valence-electron chi connectivity index (χ2n) is 6.71. The number of ether oxygens (including phenoxy) is 2. The van der Waals surface area contributed by atoms with E-state index in [0.717, 1.165) is 12.1 Å². The van der Waals surface area contributed by atoms with Crippen molar-refractivity contribution in [1.82, 2.24) is 0 Å². The molecule has 0 N–H and O–H groups in total. The lowest BCUT2D eigenvalue weighted by Crippen LogP contribution is -2.27. The molecule has 2 aromatic carbocycles. The van der Waals surface area contributed by atoms with E-state index in [9.17, 15) is 23.6 Å². The summed E-state index contributed by atoms with van der Waals surface area (Å²) in [6, 6.07) is 11.2. The molecule has 7 nitrogen and oxygen atoms in total. The first-order valence-corrected chi connectivity index (χ1v) is 9.42. The van der Waals surface area contributed by atoms with E-state index in [-0.39, 0.29) is 31.0 Å². The van der Waals surface area contributed by atoms with Gasteiger partial charge in [-0.2, -0.15) is 0 Å². The normalized spacial score (nSPS) is 15.7. The highest BCUT2D eigenvalue weighted by atomic mass is 19.1. The molecule has 8 heteroatoms. The Bertz CT molecular complexity index is 955. The molecule has 1 aliphatic heterocycles. The first kappa shape index (κ1) is 21.2. The monoisotopic (exact) mass is 413 g/mol. The summed E-state index contributed by atoms with van der Waals surface area (Å²) in [5, 5.41) is 0. The zero-order valence-corrected chi connectivity index (χ0v) is 16.3. The number of rotatable bonds is 7. The number of nitrogens with zero attached hydrogens (tertiary/aromatic N) is 1. The molecule has 0 spiro atoms. The van der Waals surface area contributed by atoms with Crippen molar-refractivity contribution in [3.05, 3.63) is 65.5 Å². The minimum absolute atomic E-state index is 0.0385. The summed E-state index contributed by atoms with van der Waals surface area (Å²) in [6.45, 7) is 1.60. The molecule has 0 aliphatic carbocycles. The molecule has 30 heavy (non-hydrogen) atoms. The predicted octanol–water partition coefficient (Wildman–Crippen LogP) is 2.78. The number of carbonyl (C=O) groups is 4. The number of hydrogen-bond acceptors (Lipinski definition) is 6. The molecule has 3 rings (SSSR count). The van der Waals surface area contributed by atoms with Gasteiger partial charge in [0, 0.05) is 24.2 Å². The minimum Gasteiger partial charge on any atom is -0.462 e. The first-order chi connectivity index (χ1) is 14.4. The van der Waals surface area contributed by atoms with Crippen LogP contribution in [0.25, 0.3) is 0 Å². The van der Waals surface area contributed by atoms with Gasteiger partial charge in [0.2, 0.25) is 5.91 Å². The highest BCUT2D eigenvalue weighted by Crippen LogP contribution is 2.26. The average molecular weight is 413 g/mol. The molecule has 1 fully saturated rings. The number of Topliss-reactive ketones (excluding diaryl/α,β-unsaturated/α-hetero) is 1. The van der Waals surface area contributed by atoms with Crippen LogP contribution in [0.3, 0.4) is 0 Å². The third kappa shape index (κ3) is 4.89. The zero-order valence-electron chi connectivity index (χ0n) is 16.3. The van der Waals surface area contributed by atoms with Crippen molar-refractivity contribution < 1.29 is 33.0 Å². The number of carbonyl (C=O) groups excluding carboxylic acids is 4. The molecule has 1 atom stereocenters. The summed E-state index contributed by atoms with van der Waals surface area (Å²) in [5.74, 6) is -3.00. The molecular formula is C22H20FNO6. The van der Waals surface area contributed by atoms with E-state index in [1.807, 2.05) is 0 Å². The van der Waals surface area contributed by atoms with Gasteiger partial charge in [-0.05, 0) is 55.5 Å². The van der Waals surface area contributed by atoms with Crippen LogP contribution in [0.5, 0.6) is 0 Å². The minimum atomic E-state index is -0.705. The number of benzene rings is 2. The molecule has 0 radical (unpaired) electrons. The quantitative estimate of drug-likeness (QED) is 0.512. The summed E-state index contributed by atoms with van der Waals surface area (Å²) in [6.07, 6.45) is -0.0385. The van der Waals surface area contributed by atoms with Crippen LogP contribution in [0.15, 0.2) is 48.5 Å². The number of halogens is 1. The maximum atomic E-state index is 12.9. The Hall–Kier alpha value is -3.55. The summed E-state index contributed by atoms with van der Waals surface area (Å²) >= 11 is 0. The third-order valence-corrected chi connectivity index (χ3v) is 4.66. The molecular weight excluding hydrogens is 393 g/mol. The molecule has 0 saturated carbocycles. The molecule has 156 valence electrons. The summed E-state index contributed by atoms with van der Waals surface area (Å²) in [4.78, 5) is 49.8. The van der Waals surface area contributed by atoms with Gasteiger partial charge in [-0.1, -0.05) is 0 Å². The Morgan fingerprint density at radius 1 is 1.00 bits per heavy atom. The molecule has 1 amide bonds. The van der Waals surface area contributed by atoms with Crippen LogP contribution >= 0.6 is 0 Å². The molecule has 0 aromatic heterocycles.